The van der Waals surface area contributed by atoms with Crippen LogP contribution in [0, 0.1) is 13.8 Å². The first-order valence-corrected chi connectivity index (χ1v) is 7.67. The summed E-state index contributed by atoms with van der Waals surface area (Å²) >= 11 is 0. The largest absolute Gasteiger partial charge is 0.484 e. The highest BCUT2D eigenvalue weighted by Crippen LogP contribution is 2.12. The summed E-state index contributed by atoms with van der Waals surface area (Å²) in [6.07, 6.45) is 4.89. The number of hydrogen-bond donors (Lipinski definition) is 1. The molecule has 0 saturated heterocycles. The molecule has 0 aromatic carbocycles. The summed E-state index contributed by atoms with van der Waals surface area (Å²) < 4.78 is 10.6. The average molecular weight is 339 g/mol. The van der Waals surface area contributed by atoms with Crippen LogP contribution in [0.25, 0.3) is 0 Å². The minimum absolute atomic E-state index is 0.161. The van der Waals surface area contributed by atoms with Crippen molar-refractivity contribution < 1.29 is 14.1 Å². The Bertz CT molecular complexity index is 843. The highest BCUT2D eigenvalue weighted by molar-refractivity contribution is 5.92. The summed E-state index contributed by atoms with van der Waals surface area (Å²) in [6, 6.07) is 5.20. The molecule has 0 aliphatic rings. The van der Waals surface area contributed by atoms with Crippen LogP contribution in [-0.2, 0) is 13.2 Å². The number of nitrogens with zero attached hydrogens (tertiary/aromatic N) is 4. The zero-order valence-electron chi connectivity index (χ0n) is 13.9. The molecule has 0 spiro atoms. The molecule has 25 heavy (non-hydrogen) atoms. The van der Waals surface area contributed by atoms with Crippen molar-refractivity contribution in [2.24, 2.45) is 0 Å². The second-order valence-corrected chi connectivity index (χ2v) is 5.43. The molecule has 8 heteroatoms. The Hall–Kier alpha value is -3.29. The highest BCUT2D eigenvalue weighted by atomic mass is 16.5. The van der Waals surface area contributed by atoms with E-state index in [0.717, 1.165) is 11.4 Å². The molecule has 3 aromatic heterocycles. The van der Waals surface area contributed by atoms with Gasteiger partial charge in [0.05, 0.1) is 30.3 Å². The first-order chi connectivity index (χ1) is 12.1. The molecule has 0 radical (unpaired) electrons. The van der Waals surface area contributed by atoms with Crippen LogP contribution in [0.2, 0.25) is 0 Å². The number of nitrogens with one attached hydrogen (secondary N) is 1. The Morgan fingerprint density at radius 1 is 1.12 bits per heavy atom. The van der Waals surface area contributed by atoms with E-state index in [1.807, 2.05) is 26.0 Å². The van der Waals surface area contributed by atoms with Gasteiger partial charge >= 0.3 is 0 Å². The number of pyridine rings is 1. The molecule has 0 aliphatic heterocycles. The molecule has 3 rings (SSSR count). The SMILES string of the molecule is Cc1ccc(OCc2cc(C(=O)NCc3cnc(C)cn3)no2)cn1. The van der Waals surface area contributed by atoms with Crippen LogP contribution in [0.1, 0.15) is 33.3 Å². The lowest BCUT2D eigenvalue weighted by Crippen LogP contribution is -2.23. The van der Waals surface area contributed by atoms with Crippen molar-refractivity contribution in [3.05, 3.63) is 65.3 Å². The van der Waals surface area contributed by atoms with Crippen LogP contribution >= 0.6 is 0 Å². The minimum atomic E-state index is -0.352. The maximum atomic E-state index is 12.1. The molecule has 3 heterocycles. The monoisotopic (exact) mass is 339 g/mol. The summed E-state index contributed by atoms with van der Waals surface area (Å²) in [4.78, 5) is 24.5. The standard InChI is InChI=1S/C17H17N5O3/c1-11-3-4-14(9-19-11)24-10-15-5-16(22-25-15)17(23)21-8-13-7-18-12(2)6-20-13/h3-7,9H,8,10H2,1-2H3,(H,21,23). The molecule has 1 N–H and O–H groups in total. The molecule has 0 unspecified atom stereocenters. The number of hydrogen-bond acceptors (Lipinski definition) is 7. The van der Waals surface area contributed by atoms with E-state index in [4.69, 9.17) is 9.26 Å². The van der Waals surface area contributed by atoms with Crippen LogP contribution in [0.3, 0.4) is 0 Å². The van der Waals surface area contributed by atoms with Gasteiger partial charge in [-0.3, -0.25) is 19.7 Å². The zero-order valence-corrected chi connectivity index (χ0v) is 13.9. The van der Waals surface area contributed by atoms with Gasteiger partial charge in [0.1, 0.15) is 12.4 Å². The van der Waals surface area contributed by atoms with E-state index in [-0.39, 0.29) is 24.8 Å². The van der Waals surface area contributed by atoms with Crippen molar-refractivity contribution in [3.63, 3.8) is 0 Å². The third kappa shape index (κ3) is 4.60. The number of carbonyl (C=O) groups is 1. The fourth-order valence-corrected chi connectivity index (χ4v) is 1.95. The van der Waals surface area contributed by atoms with Crippen molar-refractivity contribution in [2.45, 2.75) is 27.0 Å². The fraction of sp³-hybridized carbons (Fsp3) is 0.235. The van der Waals surface area contributed by atoms with Crippen LogP contribution in [0.5, 0.6) is 5.75 Å². The van der Waals surface area contributed by atoms with E-state index in [1.165, 1.54) is 6.07 Å². The van der Waals surface area contributed by atoms with E-state index in [9.17, 15) is 4.79 Å². The molecular formula is C17H17N5O3. The summed E-state index contributed by atoms with van der Waals surface area (Å²) in [6.45, 7) is 4.17. The summed E-state index contributed by atoms with van der Waals surface area (Å²) in [7, 11) is 0. The van der Waals surface area contributed by atoms with Gasteiger partial charge in [0.2, 0.25) is 0 Å². The lowest BCUT2D eigenvalue weighted by molar-refractivity contribution is 0.0941. The molecule has 0 aliphatic carbocycles. The minimum Gasteiger partial charge on any atom is -0.484 e. The van der Waals surface area contributed by atoms with Crippen LogP contribution in [0.15, 0.2) is 41.3 Å². The molecule has 1 amide bonds. The average Bonchev–Trinajstić information content (AvgIpc) is 3.10. The van der Waals surface area contributed by atoms with Gasteiger partial charge in [-0.25, -0.2) is 0 Å². The van der Waals surface area contributed by atoms with Gasteiger partial charge in [0.15, 0.2) is 11.5 Å². The number of amides is 1. The normalized spacial score (nSPS) is 10.5. The Morgan fingerprint density at radius 3 is 2.68 bits per heavy atom. The molecule has 128 valence electrons. The maximum absolute atomic E-state index is 12.1. The first-order valence-electron chi connectivity index (χ1n) is 7.67. The Morgan fingerprint density at radius 2 is 1.96 bits per heavy atom. The van der Waals surface area contributed by atoms with Crippen molar-refractivity contribution in [3.8, 4) is 5.75 Å². The summed E-state index contributed by atoms with van der Waals surface area (Å²) in [5, 5.41) is 6.46. The molecule has 0 bridgehead atoms. The van der Waals surface area contributed by atoms with Crippen LogP contribution in [0.4, 0.5) is 0 Å². The summed E-state index contributed by atoms with van der Waals surface area (Å²) in [5.74, 6) is 0.709. The van der Waals surface area contributed by atoms with Gasteiger partial charge < -0.3 is 14.6 Å². The number of rotatable bonds is 6. The molecule has 3 aromatic rings. The third-order valence-corrected chi connectivity index (χ3v) is 3.32. The molecule has 8 nitrogen and oxygen atoms in total. The van der Waals surface area contributed by atoms with Crippen molar-refractivity contribution in [1.82, 2.24) is 25.4 Å². The van der Waals surface area contributed by atoms with E-state index in [0.29, 0.717) is 17.2 Å². The van der Waals surface area contributed by atoms with E-state index < -0.39 is 0 Å². The van der Waals surface area contributed by atoms with Crippen LogP contribution < -0.4 is 10.1 Å². The maximum Gasteiger partial charge on any atom is 0.273 e. The number of aryl methyl sites for hydroxylation is 2. The van der Waals surface area contributed by atoms with Crippen LogP contribution in [-0.4, -0.2) is 26.0 Å². The Balaban J connectivity index is 1.52. The molecule has 0 saturated carbocycles. The van der Waals surface area contributed by atoms with Crippen molar-refractivity contribution in [1.29, 1.82) is 0 Å². The van der Waals surface area contributed by atoms with Crippen molar-refractivity contribution >= 4 is 5.91 Å². The molecule has 0 atom stereocenters. The molecular weight excluding hydrogens is 322 g/mol. The van der Waals surface area contributed by atoms with Gasteiger partial charge in [0, 0.05) is 18.0 Å². The predicted octanol–water partition coefficient (Wildman–Crippen LogP) is 1.99. The van der Waals surface area contributed by atoms with E-state index in [1.54, 1.807) is 18.6 Å². The van der Waals surface area contributed by atoms with Gasteiger partial charge in [-0.1, -0.05) is 5.16 Å². The lowest BCUT2D eigenvalue weighted by Gasteiger charge is -2.02. The van der Waals surface area contributed by atoms with Gasteiger partial charge in [0.25, 0.3) is 5.91 Å². The number of aromatic nitrogens is 4. The van der Waals surface area contributed by atoms with Gasteiger partial charge in [-0.2, -0.15) is 0 Å². The van der Waals surface area contributed by atoms with E-state index in [2.05, 4.69) is 25.4 Å². The Kier molecular flexibility index (Phi) is 4.98. The third-order valence-electron chi connectivity index (χ3n) is 3.32. The lowest BCUT2D eigenvalue weighted by atomic mass is 10.3. The second kappa shape index (κ2) is 7.52. The molecule has 0 fully saturated rings. The van der Waals surface area contributed by atoms with E-state index >= 15 is 0 Å². The smallest absolute Gasteiger partial charge is 0.273 e. The first kappa shape index (κ1) is 16.6. The Labute approximate surface area is 144 Å². The topological polar surface area (TPSA) is 103 Å². The second-order valence-electron chi connectivity index (χ2n) is 5.43. The fourth-order valence-electron chi connectivity index (χ4n) is 1.95. The quantitative estimate of drug-likeness (QED) is 0.732. The van der Waals surface area contributed by atoms with Gasteiger partial charge in [-0.05, 0) is 26.0 Å². The number of carbonyl (C=O) groups excluding carboxylic acids is 1. The zero-order chi connectivity index (χ0) is 17.6. The number of ether oxygens (including phenoxy) is 1. The highest BCUT2D eigenvalue weighted by Gasteiger charge is 2.13. The summed E-state index contributed by atoms with van der Waals surface area (Å²) in [5.41, 5.74) is 2.57. The van der Waals surface area contributed by atoms with Crippen molar-refractivity contribution in [2.75, 3.05) is 0 Å². The van der Waals surface area contributed by atoms with Gasteiger partial charge in [-0.15, -0.1) is 0 Å². The predicted molar refractivity (Wildman–Crippen MR) is 87.7 cm³/mol.